The first-order valence-electron chi connectivity index (χ1n) is 15.5. The number of aryl methyl sites for hydroxylation is 1. The Morgan fingerprint density at radius 3 is 2.33 bits per heavy atom. The summed E-state index contributed by atoms with van der Waals surface area (Å²) in [6, 6.07) is 3.50. The summed E-state index contributed by atoms with van der Waals surface area (Å²) in [5.74, 6) is -6.08. The van der Waals surface area contributed by atoms with Gasteiger partial charge in [-0.3, -0.25) is 23.9 Å². The molecule has 1 aliphatic heterocycles. The lowest BCUT2D eigenvalue weighted by atomic mass is 9.81. The summed E-state index contributed by atoms with van der Waals surface area (Å²) in [4.78, 5) is 55.9. The predicted molar refractivity (Wildman–Crippen MR) is 161 cm³/mol. The molecule has 1 saturated heterocycles. The van der Waals surface area contributed by atoms with Gasteiger partial charge in [-0.15, -0.1) is 0 Å². The van der Waals surface area contributed by atoms with E-state index in [1.165, 1.54) is 29.1 Å². The molecule has 2 heterocycles. The smallest absolute Gasteiger partial charge is 0.270 e. The van der Waals surface area contributed by atoms with E-state index in [4.69, 9.17) is 0 Å². The normalized spacial score (nSPS) is 18.6. The topological polar surface area (TPSA) is 129 Å². The van der Waals surface area contributed by atoms with Crippen LogP contribution < -0.4 is 16.0 Å². The van der Waals surface area contributed by atoms with Crippen molar-refractivity contribution in [1.82, 2.24) is 30.2 Å². The molecule has 11 nitrogen and oxygen atoms in total. The lowest BCUT2D eigenvalue weighted by molar-refractivity contribution is -0.137. The van der Waals surface area contributed by atoms with Crippen molar-refractivity contribution in [3.63, 3.8) is 0 Å². The fourth-order valence-corrected chi connectivity index (χ4v) is 5.76. The Balaban J connectivity index is 1.49. The molecule has 0 radical (unpaired) electrons. The van der Waals surface area contributed by atoms with E-state index < -0.39 is 54.4 Å². The lowest BCUT2D eigenvalue weighted by Gasteiger charge is -2.35. The molecule has 1 aromatic heterocycles. The summed E-state index contributed by atoms with van der Waals surface area (Å²) >= 11 is 0. The third-order valence-corrected chi connectivity index (χ3v) is 8.55. The highest BCUT2D eigenvalue weighted by atomic mass is 19.3. The van der Waals surface area contributed by atoms with Crippen LogP contribution in [-0.4, -0.2) is 94.4 Å². The first-order chi connectivity index (χ1) is 21.4. The van der Waals surface area contributed by atoms with Crippen molar-refractivity contribution in [2.24, 2.45) is 5.92 Å². The number of halogens is 3. The fourth-order valence-electron chi connectivity index (χ4n) is 5.76. The second-order valence-electron chi connectivity index (χ2n) is 11.8. The number of piperazine rings is 1. The molecule has 4 amide bonds. The van der Waals surface area contributed by atoms with Gasteiger partial charge in [0.25, 0.3) is 5.91 Å². The molecule has 1 saturated carbocycles. The SMILES string of the molecule is CCC(=O)N[C@H](Cc1ccc(NC(=O)C(NC(=O)c2ccnn2CC)C2CCC(F)(F)CC2)c(F)c1)C(=O)N1CCN(C)CC1. The Kier molecular flexibility index (Phi) is 11.2. The van der Waals surface area contributed by atoms with Gasteiger partial charge in [-0.25, -0.2) is 13.2 Å². The summed E-state index contributed by atoms with van der Waals surface area (Å²) in [6.07, 6.45) is 0.845. The average molecular weight is 634 g/mol. The minimum Gasteiger partial charge on any atom is -0.344 e. The maximum atomic E-state index is 15.4. The maximum absolute atomic E-state index is 15.4. The van der Waals surface area contributed by atoms with E-state index in [-0.39, 0.29) is 48.9 Å². The zero-order valence-corrected chi connectivity index (χ0v) is 26.0. The van der Waals surface area contributed by atoms with Crippen molar-refractivity contribution >= 4 is 29.3 Å². The molecule has 14 heteroatoms. The summed E-state index contributed by atoms with van der Waals surface area (Å²) < 4.78 is 44.7. The van der Waals surface area contributed by atoms with Crippen LogP contribution in [-0.2, 0) is 27.3 Å². The number of rotatable bonds is 11. The molecule has 1 aromatic carbocycles. The minimum absolute atomic E-state index is 0.00598. The number of alkyl halides is 2. The molecule has 0 bridgehead atoms. The van der Waals surface area contributed by atoms with E-state index in [0.29, 0.717) is 38.3 Å². The summed E-state index contributed by atoms with van der Waals surface area (Å²) in [7, 11) is 1.97. The number of benzene rings is 1. The van der Waals surface area contributed by atoms with E-state index in [2.05, 4.69) is 25.9 Å². The highest BCUT2D eigenvalue weighted by Crippen LogP contribution is 2.38. The van der Waals surface area contributed by atoms with Crippen molar-refractivity contribution in [3.8, 4) is 0 Å². The van der Waals surface area contributed by atoms with E-state index in [0.717, 1.165) is 0 Å². The van der Waals surface area contributed by atoms with E-state index in [9.17, 15) is 28.0 Å². The number of aromatic nitrogens is 2. The van der Waals surface area contributed by atoms with Crippen LogP contribution in [0.15, 0.2) is 30.5 Å². The molecule has 2 aliphatic rings. The van der Waals surface area contributed by atoms with E-state index in [1.54, 1.807) is 24.8 Å². The molecule has 4 rings (SSSR count). The maximum Gasteiger partial charge on any atom is 0.270 e. The van der Waals surface area contributed by atoms with Crippen LogP contribution in [0.4, 0.5) is 18.9 Å². The molecule has 2 fully saturated rings. The molecule has 1 unspecified atom stereocenters. The third-order valence-electron chi connectivity index (χ3n) is 8.55. The van der Waals surface area contributed by atoms with Gasteiger partial charge in [0.1, 0.15) is 23.6 Å². The molecular weight excluding hydrogens is 591 g/mol. The standard InChI is InChI=1S/C31H42F3N7O4/c1-4-26(42)36-24(30(45)40-16-14-39(3)15-17-40)19-20-6-7-23(22(32)18-20)37-29(44)27(21-8-11-31(33,34)12-9-21)38-28(43)25-10-13-35-41(25)5-2/h6-7,10,13,18,21,24,27H,4-5,8-9,11-12,14-17,19H2,1-3H3,(H,36,42)(H,37,44)(H,38,43)/t24-,27?/m1/s1. The lowest BCUT2D eigenvalue weighted by Crippen LogP contribution is -2.54. The molecule has 246 valence electrons. The van der Waals surface area contributed by atoms with Gasteiger partial charge in [0.05, 0.1) is 5.69 Å². The van der Waals surface area contributed by atoms with Crippen molar-refractivity contribution in [2.75, 3.05) is 38.5 Å². The van der Waals surface area contributed by atoms with Crippen molar-refractivity contribution in [3.05, 3.63) is 47.5 Å². The molecular formula is C31H42F3N7O4. The van der Waals surface area contributed by atoms with Crippen LogP contribution in [0.5, 0.6) is 0 Å². The van der Waals surface area contributed by atoms with Gasteiger partial charge in [0, 0.05) is 64.6 Å². The average Bonchev–Trinajstić information content (AvgIpc) is 3.50. The highest BCUT2D eigenvalue weighted by molar-refractivity contribution is 6.00. The zero-order valence-electron chi connectivity index (χ0n) is 26.0. The number of amides is 4. The number of hydrogen-bond acceptors (Lipinski definition) is 6. The fraction of sp³-hybridized carbons (Fsp3) is 0.581. The van der Waals surface area contributed by atoms with E-state index in [1.807, 2.05) is 7.05 Å². The monoisotopic (exact) mass is 633 g/mol. The van der Waals surface area contributed by atoms with Gasteiger partial charge in [0.2, 0.25) is 23.6 Å². The van der Waals surface area contributed by atoms with Gasteiger partial charge in [0.15, 0.2) is 0 Å². The van der Waals surface area contributed by atoms with Gasteiger partial charge >= 0.3 is 0 Å². The molecule has 2 aromatic rings. The Hall–Kier alpha value is -3.94. The van der Waals surface area contributed by atoms with Crippen LogP contribution in [0.2, 0.25) is 0 Å². The zero-order chi connectivity index (χ0) is 32.7. The summed E-state index contributed by atoms with van der Waals surface area (Å²) in [5, 5.41) is 12.0. The first-order valence-corrected chi connectivity index (χ1v) is 15.5. The molecule has 0 spiro atoms. The molecule has 2 atom stereocenters. The second-order valence-corrected chi connectivity index (χ2v) is 11.8. The molecule has 3 N–H and O–H groups in total. The Morgan fingerprint density at radius 2 is 1.71 bits per heavy atom. The summed E-state index contributed by atoms with van der Waals surface area (Å²) in [5.41, 5.74) is 0.478. The number of hydrogen-bond donors (Lipinski definition) is 3. The third kappa shape index (κ3) is 8.83. The highest BCUT2D eigenvalue weighted by Gasteiger charge is 2.41. The largest absolute Gasteiger partial charge is 0.344 e. The van der Waals surface area contributed by atoms with E-state index >= 15 is 4.39 Å². The quantitative estimate of drug-likeness (QED) is 0.349. The van der Waals surface area contributed by atoms with Crippen LogP contribution in [0, 0.1) is 11.7 Å². The molecule has 45 heavy (non-hydrogen) atoms. The second kappa shape index (κ2) is 14.9. The number of carbonyl (C=O) groups excluding carboxylic acids is 4. The van der Waals surface area contributed by atoms with Gasteiger partial charge in [-0.05, 0) is 56.5 Å². The van der Waals surface area contributed by atoms with Crippen molar-refractivity contribution in [2.45, 2.75) is 76.9 Å². The van der Waals surface area contributed by atoms with Crippen LogP contribution in [0.1, 0.15) is 62.0 Å². The van der Waals surface area contributed by atoms with Crippen molar-refractivity contribution < 1.29 is 32.3 Å². The van der Waals surface area contributed by atoms with Crippen LogP contribution >= 0.6 is 0 Å². The minimum atomic E-state index is -2.84. The van der Waals surface area contributed by atoms with Gasteiger partial charge in [-0.2, -0.15) is 5.10 Å². The summed E-state index contributed by atoms with van der Waals surface area (Å²) in [6.45, 7) is 6.33. The Bertz CT molecular complexity index is 1370. The number of likely N-dealkylation sites (N-methyl/N-ethyl adjacent to an activating group) is 1. The van der Waals surface area contributed by atoms with Crippen LogP contribution in [0.25, 0.3) is 0 Å². The Labute approximate surface area is 260 Å². The Morgan fingerprint density at radius 1 is 1.02 bits per heavy atom. The first kappa shape index (κ1) is 33.9. The number of carbonyl (C=O) groups is 4. The van der Waals surface area contributed by atoms with Gasteiger partial charge in [-0.1, -0.05) is 13.0 Å². The number of anilines is 1. The van der Waals surface area contributed by atoms with Gasteiger partial charge < -0.3 is 25.8 Å². The predicted octanol–water partition coefficient (Wildman–Crippen LogP) is 2.82. The van der Waals surface area contributed by atoms with Crippen LogP contribution in [0.3, 0.4) is 0 Å². The molecule has 1 aliphatic carbocycles. The number of nitrogens with zero attached hydrogens (tertiary/aromatic N) is 4. The number of nitrogens with one attached hydrogen (secondary N) is 3. The van der Waals surface area contributed by atoms with Crippen molar-refractivity contribution in [1.29, 1.82) is 0 Å².